The number of piperidine rings is 1. The van der Waals surface area contributed by atoms with E-state index < -0.39 is 0 Å². The standard InChI is InChI=1S/C21H28ClN3O3.ClH/c1-13-8-16-19(23)18(22)9-17(20(16)28-13)21(26)24-10-14-2-5-25(6-3-14)11-15-4-7-27-12-15;/h8-9,14-15H,2-7,10-12,23H2,1H3,(H,24,26);1H. The predicted octanol–water partition coefficient (Wildman–Crippen LogP) is 3.88. The van der Waals surface area contributed by atoms with Crippen LogP contribution >= 0.6 is 24.0 Å². The van der Waals surface area contributed by atoms with E-state index in [9.17, 15) is 4.79 Å². The third-order valence-electron chi connectivity index (χ3n) is 5.96. The molecule has 1 aromatic carbocycles. The maximum absolute atomic E-state index is 12.8. The normalized spacial score (nSPS) is 20.7. The number of halogens is 2. The van der Waals surface area contributed by atoms with Crippen molar-refractivity contribution < 1.29 is 13.9 Å². The van der Waals surface area contributed by atoms with Crippen molar-refractivity contribution in [1.82, 2.24) is 10.2 Å². The molecule has 1 amide bonds. The molecule has 2 aliphatic rings. The van der Waals surface area contributed by atoms with Crippen molar-refractivity contribution in [2.75, 3.05) is 45.1 Å². The Bertz CT molecular complexity index is 856. The van der Waals surface area contributed by atoms with Crippen molar-refractivity contribution in [2.45, 2.75) is 26.2 Å². The van der Waals surface area contributed by atoms with Gasteiger partial charge in [-0.3, -0.25) is 4.79 Å². The van der Waals surface area contributed by atoms with E-state index in [1.807, 2.05) is 13.0 Å². The summed E-state index contributed by atoms with van der Waals surface area (Å²) in [4.78, 5) is 15.3. The maximum Gasteiger partial charge on any atom is 0.255 e. The first-order valence-corrected chi connectivity index (χ1v) is 10.5. The highest BCUT2D eigenvalue weighted by Crippen LogP contribution is 2.34. The molecule has 2 aromatic rings. The average Bonchev–Trinajstić information content (AvgIpc) is 3.33. The number of furan rings is 1. The van der Waals surface area contributed by atoms with Gasteiger partial charge >= 0.3 is 0 Å². The molecule has 6 nitrogen and oxygen atoms in total. The number of rotatable bonds is 5. The minimum absolute atomic E-state index is 0. The number of aryl methyl sites for hydroxylation is 1. The molecule has 0 spiro atoms. The number of ether oxygens (including phenoxy) is 1. The average molecular weight is 442 g/mol. The van der Waals surface area contributed by atoms with E-state index >= 15 is 0 Å². The summed E-state index contributed by atoms with van der Waals surface area (Å²) in [6.07, 6.45) is 3.39. The van der Waals surface area contributed by atoms with Crippen LogP contribution in [0.2, 0.25) is 5.02 Å². The lowest BCUT2D eigenvalue weighted by atomic mass is 9.95. The minimum atomic E-state index is -0.160. The number of fused-ring (bicyclic) bond motifs is 1. The molecule has 3 heterocycles. The smallest absolute Gasteiger partial charge is 0.255 e. The van der Waals surface area contributed by atoms with Crippen LogP contribution in [0.1, 0.15) is 35.4 Å². The Morgan fingerprint density at radius 3 is 2.72 bits per heavy atom. The number of nitrogens with zero attached hydrogens (tertiary/aromatic N) is 1. The highest BCUT2D eigenvalue weighted by atomic mass is 35.5. The van der Waals surface area contributed by atoms with Gasteiger partial charge < -0.3 is 25.1 Å². The molecule has 3 N–H and O–H groups in total. The largest absolute Gasteiger partial charge is 0.460 e. The first kappa shape index (κ1) is 22.2. The van der Waals surface area contributed by atoms with Crippen molar-refractivity contribution in [3.63, 3.8) is 0 Å². The molecule has 29 heavy (non-hydrogen) atoms. The number of anilines is 1. The summed E-state index contributed by atoms with van der Waals surface area (Å²) >= 11 is 6.22. The molecule has 0 radical (unpaired) electrons. The first-order valence-electron chi connectivity index (χ1n) is 10.1. The van der Waals surface area contributed by atoms with Gasteiger partial charge in [-0.1, -0.05) is 11.6 Å². The number of carbonyl (C=O) groups excluding carboxylic acids is 1. The van der Waals surface area contributed by atoms with Crippen LogP contribution < -0.4 is 11.1 Å². The lowest BCUT2D eigenvalue weighted by Crippen LogP contribution is -2.40. The molecule has 0 saturated carbocycles. The third kappa shape index (κ3) is 5.00. The van der Waals surface area contributed by atoms with Gasteiger partial charge in [0.2, 0.25) is 0 Å². The van der Waals surface area contributed by atoms with Crippen LogP contribution in [-0.4, -0.2) is 50.2 Å². The highest BCUT2D eigenvalue weighted by Gasteiger charge is 2.25. The van der Waals surface area contributed by atoms with Gasteiger partial charge in [-0.25, -0.2) is 0 Å². The number of nitrogens with one attached hydrogen (secondary N) is 1. The van der Waals surface area contributed by atoms with E-state index in [0.717, 1.165) is 45.7 Å². The molecule has 1 atom stereocenters. The van der Waals surface area contributed by atoms with Gasteiger partial charge in [0, 0.05) is 25.1 Å². The molecule has 1 aromatic heterocycles. The SMILES string of the molecule is Cc1cc2c(N)c(Cl)cc(C(=O)NCC3CCN(CC4CCOC4)CC3)c2o1.Cl. The van der Waals surface area contributed by atoms with Crippen LogP contribution in [0.25, 0.3) is 11.0 Å². The van der Waals surface area contributed by atoms with Gasteiger partial charge in [0.1, 0.15) is 11.3 Å². The second-order valence-electron chi connectivity index (χ2n) is 8.10. The Hall–Kier alpha value is -1.47. The monoisotopic (exact) mass is 441 g/mol. The van der Waals surface area contributed by atoms with E-state index in [0.29, 0.717) is 51.4 Å². The number of nitrogens with two attached hydrogens (primary N) is 1. The van der Waals surface area contributed by atoms with E-state index in [2.05, 4.69) is 10.2 Å². The number of nitrogen functional groups attached to an aromatic ring is 1. The molecule has 2 saturated heterocycles. The number of amides is 1. The van der Waals surface area contributed by atoms with E-state index in [-0.39, 0.29) is 18.3 Å². The van der Waals surface area contributed by atoms with Crippen molar-refractivity contribution in [3.8, 4) is 0 Å². The van der Waals surface area contributed by atoms with Gasteiger partial charge in [0.15, 0.2) is 0 Å². The molecule has 0 bridgehead atoms. The summed E-state index contributed by atoms with van der Waals surface area (Å²) < 4.78 is 11.2. The number of likely N-dealkylation sites (tertiary alicyclic amines) is 1. The van der Waals surface area contributed by atoms with Gasteiger partial charge in [-0.05, 0) is 63.2 Å². The number of hydrogen-bond acceptors (Lipinski definition) is 5. The topological polar surface area (TPSA) is 80.7 Å². The van der Waals surface area contributed by atoms with Gasteiger partial charge in [0.05, 0.1) is 22.9 Å². The Morgan fingerprint density at radius 2 is 2.03 bits per heavy atom. The predicted molar refractivity (Wildman–Crippen MR) is 118 cm³/mol. The Labute approximate surface area is 182 Å². The van der Waals surface area contributed by atoms with Crippen LogP contribution in [0.15, 0.2) is 16.5 Å². The fraction of sp³-hybridized carbons (Fsp3) is 0.571. The summed E-state index contributed by atoms with van der Waals surface area (Å²) in [6, 6.07) is 3.42. The summed E-state index contributed by atoms with van der Waals surface area (Å²) in [7, 11) is 0. The van der Waals surface area contributed by atoms with Crippen molar-refractivity contribution in [1.29, 1.82) is 0 Å². The molecule has 2 aliphatic heterocycles. The molecule has 4 rings (SSSR count). The summed E-state index contributed by atoms with van der Waals surface area (Å²) in [5.41, 5.74) is 7.43. The van der Waals surface area contributed by atoms with Crippen molar-refractivity contribution in [3.05, 3.63) is 28.5 Å². The molecule has 0 aliphatic carbocycles. The fourth-order valence-corrected chi connectivity index (χ4v) is 4.49. The van der Waals surface area contributed by atoms with Crippen molar-refractivity contribution in [2.24, 2.45) is 11.8 Å². The zero-order valence-electron chi connectivity index (χ0n) is 16.7. The summed E-state index contributed by atoms with van der Waals surface area (Å²) in [6.45, 7) is 7.63. The zero-order valence-corrected chi connectivity index (χ0v) is 18.3. The van der Waals surface area contributed by atoms with E-state index in [1.165, 1.54) is 6.42 Å². The quantitative estimate of drug-likeness (QED) is 0.687. The molecular formula is C21H29Cl2N3O3. The Balaban J connectivity index is 0.00000240. The molecular weight excluding hydrogens is 413 g/mol. The van der Waals surface area contributed by atoms with Crippen LogP contribution in [0.4, 0.5) is 5.69 Å². The Morgan fingerprint density at radius 1 is 1.28 bits per heavy atom. The zero-order chi connectivity index (χ0) is 19.7. The highest BCUT2D eigenvalue weighted by molar-refractivity contribution is 6.35. The summed E-state index contributed by atoms with van der Waals surface area (Å²) in [5, 5.41) is 4.14. The summed E-state index contributed by atoms with van der Waals surface area (Å²) in [5.74, 6) is 1.73. The van der Waals surface area contributed by atoms with Crippen LogP contribution in [0, 0.1) is 18.8 Å². The second kappa shape index (κ2) is 9.56. The molecule has 8 heteroatoms. The third-order valence-corrected chi connectivity index (χ3v) is 6.27. The van der Waals surface area contributed by atoms with Gasteiger partial charge in [0.25, 0.3) is 5.91 Å². The maximum atomic E-state index is 12.8. The number of benzene rings is 1. The second-order valence-corrected chi connectivity index (χ2v) is 8.51. The van der Waals surface area contributed by atoms with Gasteiger partial charge in [-0.2, -0.15) is 0 Å². The van der Waals surface area contributed by atoms with Crippen LogP contribution in [0.5, 0.6) is 0 Å². The first-order chi connectivity index (χ1) is 13.5. The van der Waals surface area contributed by atoms with Crippen LogP contribution in [0.3, 0.4) is 0 Å². The lowest BCUT2D eigenvalue weighted by Gasteiger charge is -2.33. The number of hydrogen-bond donors (Lipinski definition) is 2. The van der Waals surface area contributed by atoms with E-state index in [4.69, 9.17) is 26.5 Å². The Kier molecular flexibility index (Phi) is 7.32. The fourth-order valence-electron chi connectivity index (χ4n) is 4.28. The molecule has 160 valence electrons. The number of carbonyl (C=O) groups is 1. The molecule has 1 unspecified atom stereocenters. The minimum Gasteiger partial charge on any atom is -0.460 e. The molecule has 2 fully saturated rings. The van der Waals surface area contributed by atoms with Gasteiger partial charge in [-0.15, -0.1) is 12.4 Å². The van der Waals surface area contributed by atoms with E-state index in [1.54, 1.807) is 6.07 Å². The lowest BCUT2D eigenvalue weighted by molar-refractivity contribution is 0.0932. The van der Waals surface area contributed by atoms with Crippen LogP contribution in [-0.2, 0) is 4.74 Å². The van der Waals surface area contributed by atoms with Crippen molar-refractivity contribution >= 4 is 46.6 Å².